The maximum absolute atomic E-state index is 6.33. The van der Waals surface area contributed by atoms with Gasteiger partial charge < -0.3 is 15.2 Å². The van der Waals surface area contributed by atoms with Gasteiger partial charge >= 0.3 is 0 Å². The molecule has 2 heterocycles. The van der Waals surface area contributed by atoms with E-state index in [0.717, 1.165) is 27.7 Å². The van der Waals surface area contributed by atoms with E-state index in [9.17, 15) is 0 Å². The van der Waals surface area contributed by atoms with Crippen LogP contribution in [0.4, 0.5) is 5.00 Å². The summed E-state index contributed by atoms with van der Waals surface area (Å²) in [6.45, 7) is 1.25. The molecular formula is C15H15ClN2O2S. The van der Waals surface area contributed by atoms with Gasteiger partial charge in [-0.05, 0) is 25.0 Å². The van der Waals surface area contributed by atoms with E-state index in [0.29, 0.717) is 35.7 Å². The number of hydrogen-bond acceptors (Lipinski definition) is 5. The summed E-state index contributed by atoms with van der Waals surface area (Å²) < 4.78 is 11.4. The second-order valence-corrected chi connectivity index (χ2v) is 6.84. The highest BCUT2D eigenvalue weighted by molar-refractivity contribution is 7.16. The van der Waals surface area contributed by atoms with Crippen LogP contribution in [-0.2, 0) is 0 Å². The molecule has 6 heteroatoms. The van der Waals surface area contributed by atoms with Gasteiger partial charge in [0.25, 0.3) is 0 Å². The minimum Gasteiger partial charge on any atom is -0.489 e. The molecule has 110 valence electrons. The van der Waals surface area contributed by atoms with Crippen molar-refractivity contribution in [2.75, 3.05) is 18.9 Å². The largest absolute Gasteiger partial charge is 0.489 e. The van der Waals surface area contributed by atoms with Crippen LogP contribution in [0.2, 0.25) is 5.02 Å². The molecule has 2 aliphatic rings. The van der Waals surface area contributed by atoms with Crippen molar-refractivity contribution in [1.82, 2.24) is 4.98 Å². The molecule has 21 heavy (non-hydrogen) atoms. The van der Waals surface area contributed by atoms with Gasteiger partial charge in [0.2, 0.25) is 0 Å². The van der Waals surface area contributed by atoms with Gasteiger partial charge in [0.15, 0.2) is 11.5 Å². The number of benzene rings is 1. The molecule has 4 rings (SSSR count). The number of halogens is 1. The molecule has 1 aromatic carbocycles. The normalized spacial score (nSPS) is 17.6. The van der Waals surface area contributed by atoms with E-state index in [4.69, 9.17) is 31.8 Å². The van der Waals surface area contributed by atoms with Gasteiger partial charge in [-0.15, -0.1) is 11.3 Å². The molecule has 0 spiro atoms. The summed E-state index contributed by atoms with van der Waals surface area (Å²) >= 11 is 7.91. The SMILES string of the molecule is Nc1sc(C2CC2)nc1-c1cc(Cl)c2c(c1)OCCCO2. The molecule has 2 N–H and O–H groups in total. The highest BCUT2D eigenvalue weighted by Crippen LogP contribution is 2.47. The Morgan fingerprint density at radius 1 is 1.24 bits per heavy atom. The summed E-state index contributed by atoms with van der Waals surface area (Å²) in [6.07, 6.45) is 3.29. The van der Waals surface area contributed by atoms with Gasteiger partial charge in [-0.25, -0.2) is 4.98 Å². The number of aromatic nitrogens is 1. The van der Waals surface area contributed by atoms with Crippen LogP contribution in [0.1, 0.15) is 30.2 Å². The first-order valence-corrected chi connectivity index (χ1v) is 8.27. The average molecular weight is 323 g/mol. The fraction of sp³-hybridized carbons (Fsp3) is 0.400. The molecule has 1 aliphatic heterocycles. The third-order valence-corrected chi connectivity index (χ3v) is 5.00. The fourth-order valence-corrected chi connectivity index (χ4v) is 3.72. The summed E-state index contributed by atoms with van der Waals surface area (Å²) in [5.74, 6) is 1.89. The molecule has 0 bridgehead atoms. The first-order chi connectivity index (χ1) is 10.2. The van der Waals surface area contributed by atoms with Crippen LogP contribution in [0.3, 0.4) is 0 Å². The maximum Gasteiger partial charge on any atom is 0.179 e. The topological polar surface area (TPSA) is 57.4 Å². The highest BCUT2D eigenvalue weighted by atomic mass is 35.5. The second kappa shape index (κ2) is 5.07. The van der Waals surface area contributed by atoms with Crippen LogP contribution in [0, 0.1) is 0 Å². The Morgan fingerprint density at radius 2 is 2.05 bits per heavy atom. The zero-order valence-corrected chi connectivity index (χ0v) is 13.0. The lowest BCUT2D eigenvalue weighted by Gasteiger charge is -2.11. The van der Waals surface area contributed by atoms with Gasteiger partial charge in [-0.1, -0.05) is 11.6 Å². The van der Waals surface area contributed by atoms with Crippen LogP contribution >= 0.6 is 22.9 Å². The number of hydrogen-bond donors (Lipinski definition) is 1. The Hall–Kier alpha value is -1.46. The van der Waals surface area contributed by atoms with E-state index in [-0.39, 0.29) is 0 Å². The Balaban J connectivity index is 1.78. The van der Waals surface area contributed by atoms with Crippen molar-refractivity contribution in [3.63, 3.8) is 0 Å². The fourth-order valence-electron chi connectivity index (χ4n) is 2.43. The van der Waals surface area contributed by atoms with Crippen molar-refractivity contribution in [3.8, 4) is 22.8 Å². The lowest BCUT2D eigenvalue weighted by Crippen LogP contribution is -1.97. The molecule has 1 fully saturated rings. The third kappa shape index (κ3) is 2.45. The molecular weight excluding hydrogens is 308 g/mol. The molecule has 2 aromatic rings. The Labute approximate surface area is 131 Å². The number of fused-ring (bicyclic) bond motifs is 1. The molecule has 0 unspecified atom stereocenters. The molecule has 0 radical (unpaired) electrons. The summed E-state index contributed by atoms with van der Waals surface area (Å²) in [7, 11) is 0. The van der Waals surface area contributed by atoms with Crippen LogP contribution in [-0.4, -0.2) is 18.2 Å². The average Bonchev–Trinajstić information content (AvgIpc) is 3.26. The molecule has 1 aliphatic carbocycles. The maximum atomic E-state index is 6.33. The first kappa shape index (κ1) is 13.2. The van der Waals surface area contributed by atoms with E-state index in [1.165, 1.54) is 12.8 Å². The number of anilines is 1. The summed E-state index contributed by atoms with van der Waals surface area (Å²) in [4.78, 5) is 4.69. The van der Waals surface area contributed by atoms with E-state index in [1.54, 1.807) is 11.3 Å². The van der Waals surface area contributed by atoms with Crippen molar-refractivity contribution in [2.45, 2.75) is 25.2 Å². The van der Waals surface area contributed by atoms with Crippen molar-refractivity contribution in [1.29, 1.82) is 0 Å². The summed E-state index contributed by atoms with van der Waals surface area (Å²) in [6, 6.07) is 3.78. The molecule has 0 amide bonds. The van der Waals surface area contributed by atoms with Gasteiger partial charge in [-0.3, -0.25) is 0 Å². The van der Waals surface area contributed by atoms with Crippen LogP contribution in [0.5, 0.6) is 11.5 Å². The highest BCUT2D eigenvalue weighted by Gasteiger charge is 2.28. The predicted octanol–water partition coefficient (Wildman–Crippen LogP) is 4.08. The lowest BCUT2D eigenvalue weighted by molar-refractivity contribution is 0.297. The van der Waals surface area contributed by atoms with Crippen LogP contribution < -0.4 is 15.2 Å². The molecule has 4 nitrogen and oxygen atoms in total. The number of nitrogen functional groups attached to an aromatic ring is 1. The molecule has 0 saturated heterocycles. The van der Waals surface area contributed by atoms with Gasteiger partial charge in [0.05, 0.1) is 23.2 Å². The van der Waals surface area contributed by atoms with Crippen molar-refractivity contribution in [3.05, 3.63) is 22.2 Å². The van der Waals surface area contributed by atoms with Crippen molar-refractivity contribution >= 4 is 27.9 Å². The minimum atomic E-state index is 0.546. The Morgan fingerprint density at radius 3 is 2.86 bits per heavy atom. The van der Waals surface area contributed by atoms with Crippen LogP contribution in [0.15, 0.2) is 12.1 Å². The van der Waals surface area contributed by atoms with Crippen molar-refractivity contribution < 1.29 is 9.47 Å². The first-order valence-electron chi connectivity index (χ1n) is 7.08. The number of nitrogens with two attached hydrogens (primary N) is 1. The zero-order valence-electron chi connectivity index (χ0n) is 11.4. The smallest absolute Gasteiger partial charge is 0.179 e. The monoisotopic (exact) mass is 322 g/mol. The predicted molar refractivity (Wildman–Crippen MR) is 84.6 cm³/mol. The second-order valence-electron chi connectivity index (χ2n) is 5.38. The molecule has 0 atom stereocenters. The van der Waals surface area contributed by atoms with E-state index in [2.05, 4.69) is 0 Å². The summed E-state index contributed by atoms with van der Waals surface area (Å²) in [5, 5.41) is 2.41. The Kier molecular flexibility index (Phi) is 3.19. The van der Waals surface area contributed by atoms with E-state index in [1.807, 2.05) is 12.1 Å². The summed E-state index contributed by atoms with van der Waals surface area (Å²) in [5.41, 5.74) is 7.84. The number of ether oxygens (including phenoxy) is 2. The standard InChI is InChI=1S/C15H15ClN2O2S/c16-10-6-9(7-11-13(10)20-5-1-4-19-11)12-14(17)21-15(18-12)8-2-3-8/h6-8H,1-5,17H2. The minimum absolute atomic E-state index is 0.546. The zero-order chi connectivity index (χ0) is 14.4. The van der Waals surface area contributed by atoms with Crippen molar-refractivity contribution in [2.24, 2.45) is 0 Å². The molecule has 1 saturated carbocycles. The van der Waals surface area contributed by atoms with Crippen LogP contribution in [0.25, 0.3) is 11.3 Å². The number of thiazole rings is 1. The molecule has 1 aromatic heterocycles. The van der Waals surface area contributed by atoms with Gasteiger partial charge in [0.1, 0.15) is 10.7 Å². The third-order valence-electron chi connectivity index (χ3n) is 3.67. The van der Waals surface area contributed by atoms with E-state index < -0.39 is 0 Å². The Bertz CT molecular complexity index is 697. The number of rotatable bonds is 2. The van der Waals surface area contributed by atoms with Gasteiger partial charge in [0, 0.05) is 17.9 Å². The number of nitrogens with zero attached hydrogens (tertiary/aromatic N) is 1. The quantitative estimate of drug-likeness (QED) is 0.905. The van der Waals surface area contributed by atoms with Gasteiger partial charge in [-0.2, -0.15) is 0 Å². The van der Waals surface area contributed by atoms with E-state index >= 15 is 0 Å². The lowest BCUT2D eigenvalue weighted by atomic mass is 10.1.